The summed E-state index contributed by atoms with van der Waals surface area (Å²) in [6, 6.07) is 8.98. The van der Waals surface area contributed by atoms with Gasteiger partial charge in [-0.3, -0.25) is 20.2 Å². The average Bonchev–Trinajstić information content (AvgIpc) is 3.03. The summed E-state index contributed by atoms with van der Waals surface area (Å²) in [5, 5.41) is 23.0. The van der Waals surface area contributed by atoms with Gasteiger partial charge in [-0.25, -0.2) is 0 Å². The maximum Gasteiger partial charge on any atom is 0.320 e. The number of nitro groups is 1. The third kappa shape index (κ3) is 4.84. The van der Waals surface area contributed by atoms with Crippen molar-refractivity contribution in [3.8, 4) is 11.3 Å². The number of carboxylic acid groups (broad SMARTS) is 1. The zero-order valence-corrected chi connectivity index (χ0v) is 13.9. The van der Waals surface area contributed by atoms with Crippen LogP contribution in [0.5, 0.6) is 0 Å². The maximum atomic E-state index is 11.2. The van der Waals surface area contributed by atoms with Crippen molar-refractivity contribution in [3.05, 3.63) is 52.3 Å². The second kappa shape index (κ2) is 8.51. The van der Waals surface area contributed by atoms with E-state index in [1.807, 2.05) is 6.26 Å². The molecular formula is C16H18N2O5S. The number of nitro benzene ring substituents is 1. The smallest absolute Gasteiger partial charge is 0.320 e. The number of non-ortho nitro benzene ring substituents is 1. The fraction of sp³-hybridized carbons (Fsp3) is 0.312. The molecule has 2 N–H and O–H groups in total. The highest BCUT2D eigenvalue weighted by Gasteiger charge is 2.17. The third-order valence-corrected chi connectivity index (χ3v) is 4.08. The summed E-state index contributed by atoms with van der Waals surface area (Å²) in [5.74, 6) is 0.939. The molecule has 24 heavy (non-hydrogen) atoms. The molecule has 0 bridgehead atoms. The molecule has 2 aromatic rings. The average molecular weight is 350 g/mol. The van der Waals surface area contributed by atoms with Crippen LogP contribution >= 0.6 is 11.8 Å². The summed E-state index contributed by atoms with van der Waals surface area (Å²) in [7, 11) is 0. The first-order valence-corrected chi connectivity index (χ1v) is 8.69. The van der Waals surface area contributed by atoms with Crippen LogP contribution in [0.2, 0.25) is 0 Å². The molecule has 0 aliphatic rings. The van der Waals surface area contributed by atoms with E-state index in [-0.39, 0.29) is 12.2 Å². The Morgan fingerprint density at radius 2 is 2.21 bits per heavy atom. The fourth-order valence-corrected chi connectivity index (χ4v) is 2.64. The molecule has 0 unspecified atom stereocenters. The Bertz CT molecular complexity index is 716. The van der Waals surface area contributed by atoms with Crippen LogP contribution in [0.1, 0.15) is 12.2 Å². The van der Waals surface area contributed by atoms with Crippen LogP contribution in [0.3, 0.4) is 0 Å². The molecule has 0 saturated heterocycles. The van der Waals surface area contributed by atoms with Gasteiger partial charge in [0.2, 0.25) is 0 Å². The van der Waals surface area contributed by atoms with E-state index in [1.54, 1.807) is 36.0 Å². The molecule has 0 saturated carbocycles. The van der Waals surface area contributed by atoms with Crippen molar-refractivity contribution in [1.82, 2.24) is 5.32 Å². The van der Waals surface area contributed by atoms with Gasteiger partial charge in [-0.15, -0.1) is 0 Å². The summed E-state index contributed by atoms with van der Waals surface area (Å²) < 4.78 is 5.66. The van der Waals surface area contributed by atoms with E-state index in [1.165, 1.54) is 12.1 Å². The van der Waals surface area contributed by atoms with Crippen molar-refractivity contribution in [2.24, 2.45) is 0 Å². The van der Waals surface area contributed by atoms with Crippen LogP contribution in [0, 0.1) is 10.1 Å². The first-order valence-electron chi connectivity index (χ1n) is 7.30. The third-order valence-electron chi connectivity index (χ3n) is 3.43. The predicted octanol–water partition coefficient (Wildman–Crippen LogP) is 3.15. The van der Waals surface area contributed by atoms with Crippen LogP contribution in [0.4, 0.5) is 5.69 Å². The van der Waals surface area contributed by atoms with E-state index >= 15 is 0 Å². The highest BCUT2D eigenvalue weighted by Crippen LogP contribution is 2.25. The SMILES string of the molecule is CSCC[C@@H](NCc1ccc(-c2cccc([N+](=O)[O-])c2)o1)C(=O)O. The Balaban J connectivity index is 2.04. The van der Waals surface area contributed by atoms with Gasteiger partial charge in [0.05, 0.1) is 11.5 Å². The minimum atomic E-state index is -0.894. The number of hydrogen-bond donors (Lipinski definition) is 2. The predicted molar refractivity (Wildman–Crippen MR) is 92.1 cm³/mol. The molecule has 1 aromatic carbocycles. The number of furan rings is 1. The van der Waals surface area contributed by atoms with Crippen molar-refractivity contribution in [2.75, 3.05) is 12.0 Å². The lowest BCUT2D eigenvalue weighted by Gasteiger charge is -2.12. The molecule has 2 rings (SSSR count). The Morgan fingerprint density at radius 1 is 1.42 bits per heavy atom. The molecule has 0 fully saturated rings. The molecule has 0 radical (unpaired) electrons. The lowest BCUT2D eigenvalue weighted by Crippen LogP contribution is -2.36. The number of nitrogens with zero attached hydrogens (tertiary/aromatic N) is 1. The molecule has 0 aliphatic heterocycles. The molecule has 1 heterocycles. The number of carbonyl (C=O) groups is 1. The van der Waals surface area contributed by atoms with Gasteiger partial charge >= 0.3 is 5.97 Å². The van der Waals surface area contributed by atoms with E-state index in [0.717, 1.165) is 5.75 Å². The van der Waals surface area contributed by atoms with Gasteiger partial charge in [0.1, 0.15) is 17.6 Å². The van der Waals surface area contributed by atoms with Gasteiger partial charge < -0.3 is 9.52 Å². The van der Waals surface area contributed by atoms with Crippen LogP contribution in [-0.2, 0) is 11.3 Å². The lowest BCUT2D eigenvalue weighted by molar-refractivity contribution is -0.384. The van der Waals surface area contributed by atoms with Gasteiger partial charge in [-0.05, 0) is 30.6 Å². The van der Waals surface area contributed by atoms with E-state index < -0.39 is 16.9 Å². The summed E-state index contributed by atoms with van der Waals surface area (Å²) in [4.78, 5) is 21.6. The van der Waals surface area contributed by atoms with Crippen molar-refractivity contribution in [1.29, 1.82) is 0 Å². The second-order valence-electron chi connectivity index (χ2n) is 5.13. The number of thioether (sulfide) groups is 1. The van der Waals surface area contributed by atoms with Crippen molar-refractivity contribution in [3.63, 3.8) is 0 Å². The largest absolute Gasteiger partial charge is 0.480 e. The zero-order chi connectivity index (χ0) is 17.5. The highest BCUT2D eigenvalue weighted by molar-refractivity contribution is 7.98. The maximum absolute atomic E-state index is 11.2. The quantitative estimate of drug-likeness (QED) is 0.528. The number of hydrogen-bond acceptors (Lipinski definition) is 6. The second-order valence-corrected chi connectivity index (χ2v) is 6.11. The van der Waals surface area contributed by atoms with Crippen molar-refractivity contribution in [2.45, 2.75) is 19.0 Å². The molecule has 8 heteroatoms. The molecular weight excluding hydrogens is 332 g/mol. The highest BCUT2D eigenvalue weighted by atomic mass is 32.2. The van der Waals surface area contributed by atoms with E-state index in [0.29, 0.717) is 23.5 Å². The Morgan fingerprint density at radius 3 is 2.88 bits per heavy atom. The fourth-order valence-electron chi connectivity index (χ4n) is 2.17. The first-order chi connectivity index (χ1) is 11.5. The molecule has 1 atom stereocenters. The number of carboxylic acids is 1. The van der Waals surface area contributed by atoms with Gasteiger partial charge in [-0.2, -0.15) is 11.8 Å². The number of aliphatic carboxylic acids is 1. The van der Waals surface area contributed by atoms with E-state index in [2.05, 4.69) is 5.32 Å². The summed E-state index contributed by atoms with van der Waals surface area (Å²) in [5.41, 5.74) is 0.596. The first kappa shape index (κ1) is 18.0. The molecule has 7 nitrogen and oxygen atoms in total. The summed E-state index contributed by atoms with van der Waals surface area (Å²) >= 11 is 1.59. The molecule has 0 amide bonds. The van der Waals surface area contributed by atoms with Crippen molar-refractivity contribution < 1.29 is 19.2 Å². The van der Waals surface area contributed by atoms with Gasteiger partial charge in [0.25, 0.3) is 5.69 Å². The molecule has 0 aliphatic carbocycles. The standard InChI is InChI=1S/C16H18N2O5S/c1-24-8-7-14(16(19)20)17-10-13-5-6-15(23-13)11-3-2-4-12(9-11)18(21)22/h2-6,9,14,17H,7-8,10H2,1H3,(H,19,20)/t14-/m1/s1. The molecule has 1 aromatic heterocycles. The normalized spacial score (nSPS) is 12.0. The van der Waals surface area contributed by atoms with Gasteiger partial charge in [0.15, 0.2) is 0 Å². The zero-order valence-electron chi connectivity index (χ0n) is 13.1. The molecule has 0 spiro atoms. The minimum absolute atomic E-state index is 0.00779. The Kier molecular flexibility index (Phi) is 6.39. The monoisotopic (exact) mass is 350 g/mol. The Hall–Kier alpha value is -2.32. The van der Waals surface area contributed by atoms with Gasteiger partial charge in [-0.1, -0.05) is 12.1 Å². The van der Waals surface area contributed by atoms with Crippen LogP contribution in [0.25, 0.3) is 11.3 Å². The number of rotatable bonds is 9. The molecule has 128 valence electrons. The van der Waals surface area contributed by atoms with Crippen LogP contribution in [-0.4, -0.2) is 34.0 Å². The topological polar surface area (TPSA) is 106 Å². The Labute approximate surface area is 143 Å². The summed E-state index contributed by atoms with van der Waals surface area (Å²) in [6.45, 7) is 0.278. The van der Waals surface area contributed by atoms with Crippen LogP contribution < -0.4 is 5.32 Å². The summed E-state index contributed by atoms with van der Waals surface area (Å²) in [6.07, 6.45) is 2.45. The lowest BCUT2D eigenvalue weighted by atomic mass is 10.1. The van der Waals surface area contributed by atoms with E-state index in [9.17, 15) is 20.0 Å². The van der Waals surface area contributed by atoms with Gasteiger partial charge in [0, 0.05) is 17.7 Å². The number of benzene rings is 1. The minimum Gasteiger partial charge on any atom is -0.480 e. The van der Waals surface area contributed by atoms with E-state index in [4.69, 9.17) is 4.42 Å². The van der Waals surface area contributed by atoms with Crippen molar-refractivity contribution >= 4 is 23.4 Å². The number of nitrogens with one attached hydrogen (secondary N) is 1. The van der Waals surface area contributed by atoms with Crippen LogP contribution in [0.15, 0.2) is 40.8 Å².